The molecular weight excluding hydrogens is 468 g/mol. The highest BCUT2D eigenvalue weighted by Gasteiger charge is 2.13. The fourth-order valence-electron chi connectivity index (χ4n) is 4.78. The molecule has 0 aromatic heterocycles. The van der Waals surface area contributed by atoms with E-state index in [2.05, 4.69) is 74.5 Å². The maximum absolute atomic E-state index is 12.4. The molecule has 204 valence electrons. The van der Waals surface area contributed by atoms with Gasteiger partial charge in [-0.3, -0.25) is 4.79 Å². The number of ether oxygens (including phenoxy) is 2. The van der Waals surface area contributed by atoms with Gasteiger partial charge >= 0.3 is 5.97 Å². The van der Waals surface area contributed by atoms with Crippen LogP contribution < -0.4 is 4.74 Å². The quantitative estimate of drug-likeness (QED) is 0.133. The van der Waals surface area contributed by atoms with Gasteiger partial charge in [0.15, 0.2) is 0 Å². The van der Waals surface area contributed by atoms with Gasteiger partial charge < -0.3 is 9.47 Å². The van der Waals surface area contributed by atoms with Gasteiger partial charge in [-0.1, -0.05) is 126 Å². The largest absolute Gasteiger partial charge is 0.494 e. The summed E-state index contributed by atoms with van der Waals surface area (Å²) in [6, 6.07) is 25.2. The second kappa shape index (κ2) is 16.7. The van der Waals surface area contributed by atoms with Crippen molar-refractivity contribution in [2.24, 2.45) is 0 Å². The highest BCUT2D eigenvalue weighted by Crippen LogP contribution is 2.33. The Morgan fingerprint density at radius 2 is 1.18 bits per heavy atom. The first kappa shape index (κ1) is 29.5. The van der Waals surface area contributed by atoms with Crippen molar-refractivity contribution in [3.05, 3.63) is 78.4 Å². The van der Waals surface area contributed by atoms with Crippen molar-refractivity contribution in [3.8, 4) is 28.0 Å². The number of benzene rings is 3. The van der Waals surface area contributed by atoms with E-state index in [9.17, 15) is 4.79 Å². The van der Waals surface area contributed by atoms with Crippen molar-refractivity contribution in [2.45, 2.75) is 97.5 Å². The number of unbranched alkanes of at least 4 members (excludes halogenated alkanes) is 8. The summed E-state index contributed by atoms with van der Waals surface area (Å²) >= 11 is 0. The fraction of sp³-hybridized carbons (Fsp3) is 0.457. The average Bonchev–Trinajstić information content (AvgIpc) is 2.95. The van der Waals surface area contributed by atoms with E-state index in [0.717, 1.165) is 48.3 Å². The Morgan fingerprint density at radius 3 is 1.74 bits per heavy atom. The summed E-state index contributed by atoms with van der Waals surface area (Å²) in [5.74, 6) is 0.806. The van der Waals surface area contributed by atoms with Gasteiger partial charge in [0.2, 0.25) is 0 Å². The first-order chi connectivity index (χ1) is 18.6. The van der Waals surface area contributed by atoms with E-state index in [4.69, 9.17) is 9.47 Å². The lowest BCUT2D eigenvalue weighted by Gasteiger charge is -2.15. The summed E-state index contributed by atoms with van der Waals surface area (Å²) in [4.78, 5) is 12.4. The summed E-state index contributed by atoms with van der Waals surface area (Å²) in [5, 5.41) is 0. The van der Waals surface area contributed by atoms with E-state index >= 15 is 0 Å². The Labute approximate surface area is 230 Å². The van der Waals surface area contributed by atoms with Crippen molar-refractivity contribution in [1.29, 1.82) is 0 Å². The minimum atomic E-state index is -0.249. The van der Waals surface area contributed by atoms with Crippen LogP contribution in [-0.2, 0) is 9.53 Å². The van der Waals surface area contributed by atoms with Gasteiger partial charge in [-0.2, -0.15) is 0 Å². The SMILES string of the molecule is CCCCCCCCCCCC(=O)OC(C)c1ccc(-c2ccccc2-c2ccc(OCCC)cc2)cc1. The second-order valence-corrected chi connectivity index (χ2v) is 10.3. The molecule has 1 unspecified atom stereocenters. The molecule has 0 radical (unpaired) electrons. The molecular formula is C35H46O3. The van der Waals surface area contributed by atoms with Crippen LogP contribution in [0.5, 0.6) is 5.75 Å². The van der Waals surface area contributed by atoms with Crippen molar-refractivity contribution in [3.63, 3.8) is 0 Å². The molecule has 0 N–H and O–H groups in total. The van der Waals surface area contributed by atoms with Crippen molar-refractivity contribution >= 4 is 5.97 Å². The van der Waals surface area contributed by atoms with Gasteiger partial charge in [0, 0.05) is 6.42 Å². The number of carbonyl (C=O) groups excluding carboxylic acids is 1. The van der Waals surface area contributed by atoms with Gasteiger partial charge in [0.1, 0.15) is 11.9 Å². The molecule has 0 aliphatic carbocycles. The van der Waals surface area contributed by atoms with Crippen LogP contribution in [0.4, 0.5) is 0 Å². The first-order valence-electron chi connectivity index (χ1n) is 14.7. The number of hydrogen-bond donors (Lipinski definition) is 0. The van der Waals surface area contributed by atoms with Crippen molar-refractivity contribution in [2.75, 3.05) is 6.61 Å². The van der Waals surface area contributed by atoms with Crippen molar-refractivity contribution in [1.82, 2.24) is 0 Å². The Balaban J connectivity index is 1.50. The maximum Gasteiger partial charge on any atom is 0.306 e. The Bertz CT molecular complexity index is 1070. The van der Waals surface area contributed by atoms with E-state index in [0.29, 0.717) is 6.42 Å². The molecule has 38 heavy (non-hydrogen) atoms. The molecule has 0 aliphatic rings. The molecule has 3 heteroatoms. The highest BCUT2D eigenvalue weighted by molar-refractivity contribution is 5.83. The average molecular weight is 515 g/mol. The molecule has 0 saturated heterocycles. The number of rotatable bonds is 17. The number of esters is 1. The van der Waals surface area contributed by atoms with E-state index in [-0.39, 0.29) is 12.1 Å². The molecule has 0 heterocycles. The van der Waals surface area contributed by atoms with Gasteiger partial charge in [-0.25, -0.2) is 0 Å². The van der Waals surface area contributed by atoms with Gasteiger partial charge in [-0.15, -0.1) is 0 Å². The predicted octanol–water partition coefficient (Wildman–Crippen LogP) is 10.3. The molecule has 0 bridgehead atoms. The van der Waals surface area contributed by atoms with Gasteiger partial charge in [0.05, 0.1) is 6.61 Å². The molecule has 0 saturated carbocycles. The zero-order valence-electron chi connectivity index (χ0n) is 23.7. The third kappa shape index (κ3) is 9.67. The van der Waals surface area contributed by atoms with Crippen molar-refractivity contribution < 1.29 is 14.3 Å². The summed E-state index contributed by atoms with van der Waals surface area (Å²) in [5.41, 5.74) is 5.68. The third-order valence-electron chi connectivity index (χ3n) is 7.05. The van der Waals surface area contributed by atoms with Crippen LogP contribution >= 0.6 is 0 Å². The molecule has 3 aromatic rings. The number of carbonyl (C=O) groups is 1. The topological polar surface area (TPSA) is 35.5 Å². The summed E-state index contributed by atoms with van der Waals surface area (Å²) < 4.78 is 11.5. The molecule has 3 nitrogen and oxygen atoms in total. The molecule has 0 amide bonds. The van der Waals surface area contributed by atoms with Crippen LogP contribution in [0.3, 0.4) is 0 Å². The second-order valence-electron chi connectivity index (χ2n) is 10.3. The third-order valence-corrected chi connectivity index (χ3v) is 7.05. The Hall–Kier alpha value is -3.07. The highest BCUT2D eigenvalue weighted by atomic mass is 16.5. The fourth-order valence-corrected chi connectivity index (χ4v) is 4.78. The van der Waals surface area contributed by atoms with E-state index < -0.39 is 0 Å². The molecule has 3 rings (SSSR count). The predicted molar refractivity (Wildman–Crippen MR) is 159 cm³/mol. The van der Waals surface area contributed by atoms with Gasteiger partial charge in [0.25, 0.3) is 0 Å². The first-order valence-corrected chi connectivity index (χ1v) is 14.7. The molecule has 0 aliphatic heterocycles. The normalized spacial score (nSPS) is 11.8. The van der Waals surface area contributed by atoms with Crippen LogP contribution in [0.2, 0.25) is 0 Å². The number of hydrogen-bond acceptors (Lipinski definition) is 3. The monoisotopic (exact) mass is 514 g/mol. The zero-order chi connectivity index (χ0) is 27.0. The Kier molecular flexibility index (Phi) is 13.0. The maximum atomic E-state index is 12.4. The zero-order valence-corrected chi connectivity index (χ0v) is 23.7. The lowest BCUT2D eigenvalue weighted by atomic mass is 9.94. The standard InChI is InChI=1S/C35H46O3/c1-4-6-7-8-9-10-11-12-13-18-35(36)38-28(3)29-19-21-30(22-20-29)33-16-14-15-17-34(33)31-23-25-32(26-24-31)37-27-5-2/h14-17,19-26,28H,4-13,18,27H2,1-3H3. The van der Waals surface area contributed by atoms with Crippen LogP contribution in [-0.4, -0.2) is 12.6 Å². The van der Waals surface area contributed by atoms with E-state index in [1.807, 2.05) is 19.1 Å². The molecule has 1 atom stereocenters. The summed E-state index contributed by atoms with van der Waals surface area (Å²) in [6.07, 6.45) is 12.5. The minimum absolute atomic E-state index is 0.0961. The van der Waals surface area contributed by atoms with Crippen LogP contribution in [0.1, 0.15) is 103 Å². The summed E-state index contributed by atoms with van der Waals surface area (Å²) in [7, 11) is 0. The Morgan fingerprint density at radius 1 is 0.658 bits per heavy atom. The van der Waals surface area contributed by atoms with E-state index in [1.54, 1.807) is 0 Å². The lowest BCUT2D eigenvalue weighted by molar-refractivity contribution is -0.148. The molecule has 3 aromatic carbocycles. The van der Waals surface area contributed by atoms with E-state index in [1.165, 1.54) is 56.1 Å². The van der Waals surface area contributed by atoms with Crippen LogP contribution in [0.25, 0.3) is 22.3 Å². The summed E-state index contributed by atoms with van der Waals surface area (Å²) in [6.45, 7) is 7.05. The van der Waals surface area contributed by atoms with Crippen LogP contribution in [0.15, 0.2) is 72.8 Å². The molecule has 0 fully saturated rings. The molecule has 0 spiro atoms. The van der Waals surface area contributed by atoms with Crippen LogP contribution in [0, 0.1) is 0 Å². The smallest absolute Gasteiger partial charge is 0.306 e. The minimum Gasteiger partial charge on any atom is -0.494 e. The lowest BCUT2D eigenvalue weighted by Crippen LogP contribution is -2.08. The van der Waals surface area contributed by atoms with Gasteiger partial charge in [-0.05, 0) is 59.7 Å².